The van der Waals surface area contributed by atoms with Crippen LogP contribution in [0, 0.1) is 10.4 Å². The van der Waals surface area contributed by atoms with Gasteiger partial charge in [0.2, 0.25) is 0 Å². The van der Waals surface area contributed by atoms with E-state index < -0.39 is 0 Å². The lowest BCUT2D eigenvalue weighted by molar-refractivity contribution is -0.118. The lowest BCUT2D eigenvalue weighted by atomic mass is 9.80. The van der Waals surface area contributed by atoms with Gasteiger partial charge in [-0.2, -0.15) is 0 Å². The minimum Gasteiger partial charge on any atom is -0.299 e. The van der Waals surface area contributed by atoms with Crippen molar-refractivity contribution in [3.8, 4) is 0 Å². The average molecular weight is 436 g/mol. The molecule has 0 N–H and O–H groups in total. The molecule has 2 aliphatic carbocycles. The van der Waals surface area contributed by atoms with Crippen LogP contribution in [0.4, 0.5) is 0 Å². The molecule has 0 amide bonds. The van der Waals surface area contributed by atoms with Gasteiger partial charge in [-0.25, -0.2) is 0 Å². The van der Waals surface area contributed by atoms with Crippen molar-refractivity contribution in [2.75, 3.05) is 0 Å². The maximum absolute atomic E-state index is 12.1. The average Bonchev–Trinajstić information content (AvgIpc) is 3.09. The molecule has 1 atom stereocenters. The quantitative estimate of drug-likeness (QED) is 0.523. The van der Waals surface area contributed by atoms with E-state index in [2.05, 4.69) is 65.7 Å². The fourth-order valence-corrected chi connectivity index (χ4v) is 5.48. The second-order valence-electron chi connectivity index (χ2n) is 8.25. The molecule has 0 aromatic heterocycles. The summed E-state index contributed by atoms with van der Waals surface area (Å²) in [6.45, 7) is 1.74. The van der Waals surface area contributed by atoms with Gasteiger partial charge >= 0.3 is 0 Å². The second kappa shape index (κ2) is 9.13. The van der Waals surface area contributed by atoms with Gasteiger partial charge in [0.25, 0.3) is 0 Å². The second-order valence-corrected chi connectivity index (χ2v) is 9.20. The first kappa shape index (κ1) is 20.7. The first-order chi connectivity index (χ1) is 15.7. The van der Waals surface area contributed by atoms with Crippen LogP contribution >= 0.6 is 11.8 Å². The number of carbonyl (C=O) groups is 1. The number of thioether (sulfide) groups is 1. The minimum atomic E-state index is 0.0820. The third-order valence-electron chi connectivity index (χ3n) is 6.30. The Balaban J connectivity index is 0.000000165. The highest BCUT2D eigenvalue weighted by Crippen LogP contribution is 2.28. The van der Waals surface area contributed by atoms with Crippen molar-refractivity contribution in [1.82, 2.24) is 0 Å². The Kier molecular flexibility index (Phi) is 5.91. The summed E-state index contributed by atoms with van der Waals surface area (Å²) in [7, 11) is 0. The summed E-state index contributed by atoms with van der Waals surface area (Å²) >= 11 is 1.70. The Labute approximate surface area is 192 Å². The lowest BCUT2D eigenvalue weighted by Crippen LogP contribution is -2.26. The number of fused-ring (bicyclic) bond motifs is 5. The molecule has 1 unspecified atom stereocenters. The summed E-state index contributed by atoms with van der Waals surface area (Å²) < 4.78 is 0. The van der Waals surface area contributed by atoms with Gasteiger partial charge in [-0.3, -0.25) is 9.79 Å². The number of Topliss-reactive ketones (excluding diaryl/α,β-unsaturated/α-hetero) is 1. The lowest BCUT2D eigenvalue weighted by Gasteiger charge is -2.23. The van der Waals surface area contributed by atoms with Gasteiger partial charge in [-0.15, -0.1) is 0 Å². The van der Waals surface area contributed by atoms with E-state index in [1.54, 1.807) is 18.7 Å². The van der Waals surface area contributed by atoms with Crippen LogP contribution in [0.1, 0.15) is 42.4 Å². The van der Waals surface area contributed by atoms with Crippen LogP contribution in [0.2, 0.25) is 0 Å². The van der Waals surface area contributed by atoms with E-state index in [1.165, 1.54) is 42.5 Å². The van der Waals surface area contributed by atoms with Gasteiger partial charge in [-0.05, 0) is 69.7 Å². The Bertz CT molecular complexity index is 1470. The summed E-state index contributed by atoms with van der Waals surface area (Å²) in [5, 5.41) is 7.18. The number of hydrogen-bond donors (Lipinski definition) is 0. The van der Waals surface area contributed by atoms with Crippen molar-refractivity contribution in [3.05, 3.63) is 110 Å². The van der Waals surface area contributed by atoms with Crippen LogP contribution in [0.5, 0.6) is 0 Å². The molecule has 3 heteroatoms. The molecule has 0 saturated carbocycles. The molecule has 2 nitrogen and oxygen atoms in total. The number of ketones is 1. The maximum Gasteiger partial charge on any atom is 0.137 e. The van der Waals surface area contributed by atoms with Gasteiger partial charge < -0.3 is 0 Å². The molecule has 0 bridgehead atoms. The molecule has 6 rings (SSSR count). The monoisotopic (exact) mass is 435 g/mol. The summed E-state index contributed by atoms with van der Waals surface area (Å²) in [6.07, 6.45) is 11.2. The fraction of sp³-hybridized carbons (Fsp3) is 0.172. The van der Waals surface area contributed by atoms with Crippen molar-refractivity contribution in [1.29, 1.82) is 0 Å². The van der Waals surface area contributed by atoms with Crippen molar-refractivity contribution in [3.63, 3.8) is 0 Å². The molecule has 1 aliphatic heterocycles. The van der Waals surface area contributed by atoms with E-state index in [-0.39, 0.29) is 5.92 Å². The van der Waals surface area contributed by atoms with Crippen LogP contribution in [-0.4, -0.2) is 12.0 Å². The summed E-state index contributed by atoms with van der Waals surface area (Å²) in [5.41, 5.74) is 3.85. The fourth-order valence-electron chi connectivity index (χ4n) is 4.79. The molecule has 3 aliphatic rings. The summed E-state index contributed by atoms with van der Waals surface area (Å²) in [5.74, 6) is 0.384. The number of aliphatic imine (C=N–C) groups is 1. The topological polar surface area (TPSA) is 29.4 Å². The molecule has 3 aromatic carbocycles. The molecular formula is C29H25NOS. The Morgan fingerprint density at radius 3 is 2.69 bits per heavy atom. The predicted molar refractivity (Wildman–Crippen MR) is 134 cm³/mol. The van der Waals surface area contributed by atoms with E-state index in [9.17, 15) is 4.79 Å². The molecular weight excluding hydrogens is 410 g/mol. The largest absolute Gasteiger partial charge is 0.299 e. The molecule has 0 saturated heterocycles. The van der Waals surface area contributed by atoms with E-state index in [0.717, 1.165) is 19.3 Å². The third kappa shape index (κ3) is 4.01. The van der Waals surface area contributed by atoms with Crippen LogP contribution < -0.4 is 10.4 Å². The number of carbonyl (C=O) groups excluding carboxylic acids is 1. The van der Waals surface area contributed by atoms with Crippen LogP contribution in [0.25, 0.3) is 12.2 Å². The molecule has 158 valence electrons. The maximum atomic E-state index is 12.1. The van der Waals surface area contributed by atoms with E-state index in [0.29, 0.717) is 5.78 Å². The number of benzene rings is 3. The van der Waals surface area contributed by atoms with Gasteiger partial charge in [0.05, 0.1) is 0 Å². The highest BCUT2D eigenvalue weighted by atomic mass is 32.2. The van der Waals surface area contributed by atoms with Crippen molar-refractivity contribution in [2.45, 2.75) is 37.0 Å². The van der Waals surface area contributed by atoms with E-state index in [1.807, 2.05) is 30.0 Å². The van der Waals surface area contributed by atoms with Crippen molar-refractivity contribution < 1.29 is 4.79 Å². The van der Waals surface area contributed by atoms with Gasteiger partial charge in [0.1, 0.15) is 5.78 Å². The van der Waals surface area contributed by atoms with E-state index >= 15 is 0 Å². The third-order valence-corrected chi connectivity index (χ3v) is 7.18. The van der Waals surface area contributed by atoms with Crippen molar-refractivity contribution in [2.24, 2.45) is 4.99 Å². The summed E-state index contributed by atoms with van der Waals surface area (Å²) in [6, 6.07) is 21.2. The first-order valence-electron chi connectivity index (χ1n) is 11.1. The SMILES string of the molecule is C1=CSc2ccccc2C=N1.CC(=O)C1CCC=c2ccc3c(c21)CC=c1ccccc1=3. The highest BCUT2D eigenvalue weighted by molar-refractivity contribution is 8.02. The number of rotatable bonds is 1. The molecule has 32 heavy (non-hydrogen) atoms. The van der Waals surface area contributed by atoms with Crippen LogP contribution in [0.15, 0.2) is 82.2 Å². The molecule has 0 radical (unpaired) electrons. The predicted octanol–water partition coefficient (Wildman–Crippen LogP) is 5.24. The smallest absolute Gasteiger partial charge is 0.137 e. The molecule has 0 spiro atoms. The van der Waals surface area contributed by atoms with Crippen molar-refractivity contribution >= 4 is 35.9 Å². The normalized spacial score (nSPS) is 17.1. The number of hydrogen-bond acceptors (Lipinski definition) is 3. The van der Waals surface area contributed by atoms with Gasteiger partial charge in [0.15, 0.2) is 0 Å². The van der Waals surface area contributed by atoms with Crippen LogP contribution in [-0.2, 0) is 11.2 Å². The van der Waals surface area contributed by atoms with Crippen LogP contribution in [0.3, 0.4) is 0 Å². The Morgan fingerprint density at radius 1 is 0.938 bits per heavy atom. The van der Waals surface area contributed by atoms with Gasteiger partial charge in [-0.1, -0.05) is 78.5 Å². The Hall–Kier alpha value is -3.17. The highest BCUT2D eigenvalue weighted by Gasteiger charge is 2.24. The molecule has 1 heterocycles. The minimum absolute atomic E-state index is 0.0820. The zero-order valence-corrected chi connectivity index (χ0v) is 18.9. The van der Waals surface area contributed by atoms with Gasteiger partial charge in [0, 0.05) is 28.8 Å². The van der Waals surface area contributed by atoms with E-state index in [4.69, 9.17) is 0 Å². The zero-order chi connectivity index (χ0) is 21.9. The first-order valence-corrected chi connectivity index (χ1v) is 12.0. The Morgan fingerprint density at radius 2 is 1.78 bits per heavy atom. The zero-order valence-electron chi connectivity index (χ0n) is 18.1. The number of nitrogens with zero attached hydrogens (tertiary/aromatic N) is 1. The standard InChI is InChI=1S/C20H18O.C9H7NS/c1-13(21)16-8-4-6-15-10-11-18-17-7-3-2-5-14(17)9-12-19(18)20(15)16;1-2-4-9-8(3-1)7-10-5-6-11-9/h2-3,5-7,9-11,16H,4,8,12H2,1H3;1-7H. The summed E-state index contributed by atoms with van der Waals surface area (Å²) in [4.78, 5) is 17.4. The molecule has 0 fully saturated rings. The molecule has 3 aromatic rings.